The first-order valence-corrected chi connectivity index (χ1v) is 6.90. The Morgan fingerprint density at radius 2 is 2.06 bits per heavy atom. The van der Waals surface area contributed by atoms with Gasteiger partial charge >= 0.3 is 0 Å². The lowest BCUT2D eigenvalue weighted by molar-refractivity contribution is 0.152. The molecule has 1 aliphatic carbocycles. The summed E-state index contributed by atoms with van der Waals surface area (Å²) in [5, 5.41) is 12.9. The molecule has 1 saturated heterocycles. The minimum absolute atomic E-state index is 0.278. The van der Waals surface area contributed by atoms with Gasteiger partial charge in [-0.2, -0.15) is 0 Å². The molecule has 1 heterocycles. The lowest BCUT2D eigenvalue weighted by Gasteiger charge is -2.30. The number of hydrogen-bond donors (Lipinski definition) is 2. The number of likely N-dealkylation sites (tertiary alicyclic amines) is 1. The van der Waals surface area contributed by atoms with Crippen LogP contribution in [0.25, 0.3) is 0 Å². The predicted molar refractivity (Wildman–Crippen MR) is 66.5 cm³/mol. The van der Waals surface area contributed by atoms with E-state index in [1.807, 2.05) is 0 Å². The van der Waals surface area contributed by atoms with Gasteiger partial charge in [0.15, 0.2) is 0 Å². The maximum absolute atomic E-state index is 9.40. The summed E-state index contributed by atoms with van der Waals surface area (Å²) < 4.78 is 0. The van der Waals surface area contributed by atoms with Crippen LogP contribution < -0.4 is 5.32 Å². The molecule has 0 aromatic heterocycles. The molecule has 2 N–H and O–H groups in total. The van der Waals surface area contributed by atoms with E-state index in [2.05, 4.69) is 17.1 Å². The molecular formula is C13H26N2O. The van der Waals surface area contributed by atoms with Gasteiger partial charge in [-0.1, -0.05) is 12.8 Å². The summed E-state index contributed by atoms with van der Waals surface area (Å²) in [6.07, 6.45) is 7.99. The molecule has 0 spiro atoms. The second-order valence-electron chi connectivity index (χ2n) is 5.51. The molecule has 2 rings (SSSR count). The number of nitrogens with zero attached hydrogens (tertiary/aromatic N) is 1. The van der Waals surface area contributed by atoms with Crippen LogP contribution in [0.4, 0.5) is 0 Å². The average molecular weight is 226 g/mol. The molecule has 94 valence electrons. The summed E-state index contributed by atoms with van der Waals surface area (Å²) in [5.74, 6) is 0. The van der Waals surface area contributed by atoms with Crippen molar-refractivity contribution in [1.29, 1.82) is 0 Å². The number of rotatable bonds is 5. The van der Waals surface area contributed by atoms with E-state index in [0.717, 1.165) is 6.54 Å². The van der Waals surface area contributed by atoms with Gasteiger partial charge in [0.1, 0.15) is 0 Å². The van der Waals surface area contributed by atoms with Crippen molar-refractivity contribution >= 4 is 0 Å². The Kier molecular flexibility index (Phi) is 4.62. The highest BCUT2D eigenvalue weighted by molar-refractivity contribution is 4.87. The third-order valence-electron chi connectivity index (χ3n) is 3.91. The molecule has 1 aliphatic heterocycles. The molecule has 0 bridgehead atoms. The molecule has 2 unspecified atom stereocenters. The number of aliphatic hydroxyl groups excluding tert-OH is 1. The van der Waals surface area contributed by atoms with Gasteiger partial charge in [0, 0.05) is 24.7 Å². The molecular weight excluding hydrogens is 200 g/mol. The molecule has 0 aromatic rings. The highest BCUT2D eigenvalue weighted by Crippen LogP contribution is 2.21. The van der Waals surface area contributed by atoms with Gasteiger partial charge in [0.25, 0.3) is 0 Å². The van der Waals surface area contributed by atoms with E-state index in [0.29, 0.717) is 12.1 Å². The Morgan fingerprint density at radius 1 is 1.25 bits per heavy atom. The topological polar surface area (TPSA) is 35.5 Å². The van der Waals surface area contributed by atoms with Gasteiger partial charge in [-0.3, -0.25) is 4.90 Å². The first-order chi connectivity index (χ1) is 7.79. The van der Waals surface area contributed by atoms with Crippen molar-refractivity contribution in [3.63, 3.8) is 0 Å². The molecule has 3 nitrogen and oxygen atoms in total. The van der Waals surface area contributed by atoms with Crippen molar-refractivity contribution in [3.05, 3.63) is 0 Å². The predicted octanol–water partition coefficient (Wildman–Crippen LogP) is 1.36. The van der Waals surface area contributed by atoms with Crippen LogP contribution in [0.5, 0.6) is 0 Å². The Labute approximate surface area is 99.2 Å². The minimum atomic E-state index is 0.278. The van der Waals surface area contributed by atoms with E-state index in [1.54, 1.807) is 0 Å². The number of nitrogens with one attached hydrogen (secondary N) is 1. The molecule has 0 amide bonds. The summed E-state index contributed by atoms with van der Waals surface area (Å²) in [5.41, 5.74) is 0. The van der Waals surface area contributed by atoms with Crippen LogP contribution in [-0.4, -0.2) is 47.8 Å². The summed E-state index contributed by atoms with van der Waals surface area (Å²) >= 11 is 0. The van der Waals surface area contributed by atoms with Crippen LogP contribution >= 0.6 is 0 Å². The number of hydrogen-bond acceptors (Lipinski definition) is 3. The van der Waals surface area contributed by atoms with Crippen LogP contribution in [0.3, 0.4) is 0 Å². The zero-order valence-corrected chi connectivity index (χ0v) is 10.5. The van der Waals surface area contributed by atoms with Gasteiger partial charge in [-0.15, -0.1) is 0 Å². The molecule has 2 atom stereocenters. The summed E-state index contributed by atoms with van der Waals surface area (Å²) in [6.45, 7) is 4.84. The van der Waals surface area contributed by atoms with Crippen LogP contribution in [0.2, 0.25) is 0 Å². The minimum Gasteiger partial charge on any atom is -0.395 e. The smallest absolute Gasteiger partial charge is 0.0597 e. The van der Waals surface area contributed by atoms with Crippen molar-refractivity contribution in [1.82, 2.24) is 10.2 Å². The van der Waals surface area contributed by atoms with Gasteiger partial charge in [0.2, 0.25) is 0 Å². The van der Waals surface area contributed by atoms with Crippen LogP contribution in [0, 0.1) is 0 Å². The number of aliphatic hydroxyl groups is 1. The SMILES string of the molecule is CC1CCCCCN1CC(CO)NC1CC1. The van der Waals surface area contributed by atoms with Crippen LogP contribution in [0.15, 0.2) is 0 Å². The van der Waals surface area contributed by atoms with Crippen molar-refractivity contribution < 1.29 is 5.11 Å². The largest absolute Gasteiger partial charge is 0.395 e. The second-order valence-corrected chi connectivity index (χ2v) is 5.51. The van der Waals surface area contributed by atoms with Gasteiger partial charge in [-0.25, -0.2) is 0 Å². The monoisotopic (exact) mass is 226 g/mol. The summed E-state index contributed by atoms with van der Waals surface area (Å²) in [4.78, 5) is 2.56. The zero-order chi connectivity index (χ0) is 11.4. The molecule has 16 heavy (non-hydrogen) atoms. The molecule has 1 saturated carbocycles. The normalized spacial score (nSPS) is 30.0. The molecule has 0 aromatic carbocycles. The summed E-state index contributed by atoms with van der Waals surface area (Å²) in [6, 6.07) is 1.67. The first-order valence-electron chi connectivity index (χ1n) is 6.90. The quantitative estimate of drug-likeness (QED) is 0.743. The summed E-state index contributed by atoms with van der Waals surface area (Å²) in [7, 11) is 0. The van der Waals surface area contributed by atoms with Gasteiger partial charge < -0.3 is 10.4 Å². The third-order valence-corrected chi connectivity index (χ3v) is 3.91. The Bertz CT molecular complexity index is 206. The maximum atomic E-state index is 9.40. The van der Waals surface area contributed by atoms with Crippen molar-refractivity contribution in [2.75, 3.05) is 19.7 Å². The van der Waals surface area contributed by atoms with E-state index in [4.69, 9.17) is 0 Å². The van der Waals surface area contributed by atoms with E-state index in [9.17, 15) is 5.11 Å². The maximum Gasteiger partial charge on any atom is 0.0597 e. The van der Waals surface area contributed by atoms with Gasteiger partial charge in [0.05, 0.1) is 6.61 Å². The Hall–Kier alpha value is -0.120. The highest BCUT2D eigenvalue weighted by Gasteiger charge is 2.26. The van der Waals surface area contributed by atoms with E-state index < -0.39 is 0 Å². The first kappa shape index (κ1) is 12.3. The van der Waals surface area contributed by atoms with E-state index >= 15 is 0 Å². The zero-order valence-electron chi connectivity index (χ0n) is 10.5. The lowest BCUT2D eigenvalue weighted by atomic mass is 10.1. The fourth-order valence-electron chi connectivity index (χ4n) is 2.64. The average Bonchev–Trinajstić information content (AvgIpc) is 3.09. The highest BCUT2D eigenvalue weighted by atomic mass is 16.3. The van der Waals surface area contributed by atoms with E-state index in [-0.39, 0.29) is 12.6 Å². The standard InChI is InChI=1S/C13H26N2O/c1-11-5-3-2-4-8-15(11)9-13(10-16)14-12-6-7-12/h11-14,16H,2-10H2,1H3. The molecule has 3 heteroatoms. The van der Waals surface area contributed by atoms with Crippen LogP contribution in [0.1, 0.15) is 45.4 Å². The van der Waals surface area contributed by atoms with Gasteiger partial charge in [-0.05, 0) is 39.2 Å². The molecule has 2 fully saturated rings. The van der Waals surface area contributed by atoms with E-state index in [1.165, 1.54) is 45.1 Å². The third kappa shape index (κ3) is 3.72. The molecule has 0 radical (unpaired) electrons. The fourth-order valence-corrected chi connectivity index (χ4v) is 2.64. The second kappa shape index (κ2) is 5.99. The fraction of sp³-hybridized carbons (Fsp3) is 1.00. The Morgan fingerprint density at radius 3 is 2.75 bits per heavy atom. The van der Waals surface area contributed by atoms with Crippen molar-refractivity contribution in [2.24, 2.45) is 0 Å². The van der Waals surface area contributed by atoms with Crippen molar-refractivity contribution in [3.8, 4) is 0 Å². The molecule has 2 aliphatic rings. The Balaban J connectivity index is 1.79. The van der Waals surface area contributed by atoms with Crippen molar-refractivity contribution in [2.45, 2.75) is 63.6 Å². The van der Waals surface area contributed by atoms with Crippen LogP contribution in [-0.2, 0) is 0 Å². The lowest BCUT2D eigenvalue weighted by Crippen LogP contribution is -2.47.